The van der Waals surface area contributed by atoms with Gasteiger partial charge in [-0.2, -0.15) is 0 Å². The van der Waals surface area contributed by atoms with Crippen LogP contribution in [0, 0.1) is 0 Å². The Morgan fingerprint density at radius 1 is 0.321 bits per heavy atom. The van der Waals surface area contributed by atoms with Gasteiger partial charge >= 0.3 is 0 Å². The summed E-state index contributed by atoms with van der Waals surface area (Å²) in [5.41, 5.74) is 10.2. The predicted octanol–water partition coefficient (Wildman–Crippen LogP) is 11.3. The predicted molar refractivity (Wildman–Crippen MR) is 224 cm³/mol. The van der Waals surface area contributed by atoms with Crippen molar-refractivity contribution in [2.24, 2.45) is 0 Å². The minimum absolute atomic E-state index is 0.656. The lowest BCUT2D eigenvalue weighted by Gasteiger charge is -2.20. The van der Waals surface area contributed by atoms with Crippen LogP contribution < -0.4 is 10.4 Å². The molecule has 53 heavy (non-hydrogen) atoms. The van der Waals surface area contributed by atoms with Gasteiger partial charge in [0.15, 0.2) is 17.5 Å². The second kappa shape index (κ2) is 12.3. The van der Waals surface area contributed by atoms with Crippen LogP contribution in [0.3, 0.4) is 0 Å². The maximum absolute atomic E-state index is 5.25. The van der Waals surface area contributed by atoms with Crippen LogP contribution in [0.1, 0.15) is 0 Å². The Hall–Kier alpha value is -6.49. The van der Waals surface area contributed by atoms with Crippen molar-refractivity contribution in [2.75, 3.05) is 0 Å². The SMILES string of the molecule is C[Si]1(C)c2cc(-c3nc(-c4ccc(-c5cccc6ccccc56)cc4)nc(-c4ccccc4-c4ccccc4)n3)ccc2-c2cc3ccccc3cc21. The first kappa shape index (κ1) is 31.3. The minimum Gasteiger partial charge on any atom is -0.208 e. The molecule has 0 unspecified atom stereocenters. The van der Waals surface area contributed by atoms with Gasteiger partial charge in [-0.15, -0.1) is 0 Å². The number of aromatic nitrogens is 3. The number of rotatable bonds is 5. The fourth-order valence-electron chi connectivity index (χ4n) is 8.14. The normalized spacial score (nSPS) is 12.9. The molecular weight excluding hydrogens is 659 g/mol. The summed E-state index contributed by atoms with van der Waals surface area (Å²) in [5, 5.41) is 7.97. The lowest BCUT2D eigenvalue weighted by molar-refractivity contribution is 1.07. The Bertz CT molecular complexity index is 2850. The molecule has 0 atom stereocenters. The van der Waals surface area contributed by atoms with Gasteiger partial charge in [-0.1, -0.05) is 183 Å². The summed E-state index contributed by atoms with van der Waals surface area (Å²) in [5.74, 6) is 2.00. The summed E-state index contributed by atoms with van der Waals surface area (Å²) in [6, 6.07) is 62.9. The van der Waals surface area contributed by atoms with Crippen LogP contribution in [-0.4, -0.2) is 23.0 Å². The molecule has 0 N–H and O–H groups in total. The van der Waals surface area contributed by atoms with E-state index in [1.807, 2.05) is 6.07 Å². The first-order valence-corrected chi connectivity index (χ1v) is 21.2. The lowest BCUT2D eigenvalue weighted by atomic mass is 9.97. The van der Waals surface area contributed by atoms with E-state index in [-0.39, 0.29) is 0 Å². The Morgan fingerprint density at radius 2 is 0.849 bits per heavy atom. The Kier molecular flexibility index (Phi) is 7.27. The lowest BCUT2D eigenvalue weighted by Crippen LogP contribution is -2.49. The smallest absolute Gasteiger partial charge is 0.164 e. The third-order valence-corrected chi connectivity index (χ3v) is 14.5. The number of nitrogens with zero attached hydrogens (tertiary/aromatic N) is 3. The second-order valence-corrected chi connectivity index (χ2v) is 18.8. The van der Waals surface area contributed by atoms with Crippen molar-refractivity contribution < 1.29 is 0 Å². The number of hydrogen-bond acceptors (Lipinski definition) is 3. The summed E-state index contributed by atoms with van der Waals surface area (Å²) >= 11 is 0. The monoisotopic (exact) mass is 693 g/mol. The molecule has 10 rings (SSSR count). The van der Waals surface area contributed by atoms with Crippen LogP contribution in [0.25, 0.3) is 89.1 Å². The molecule has 0 saturated carbocycles. The van der Waals surface area contributed by atoms with E-state index in [0.717, 1.165) is 33.4 Å². The zero-order valence-electron chi connectivity index (χ0n) is 29.6. The molecule has 0 radical (unpaired) electrons. The highest BCUT2D eigenvalue weighted by atomic mass is 28.3. The first-order valence-electron chi connectivity index (χ1n) is 18.2. The second-order valence-electron chi connectivity index (χ2n) is 14.5. The molecule has 1 aliphatic rings. The van der Waals surface area contributed by atoms with E-state index in [4.69, 9.17) is 15.0 Å². The fraction of sp³-hybridized carbons (Fsp3) is 0.0408. The highest BCUT2D eigenvalue weighted by Crippen LogP contribution is 2.36. The van der Waals surface area contributed by atoms with Gasteiger partial charge in [-0.3, -0.25) is 0 Å². The van der Waals surface area contributed by atoms with Crippen LogP contribution in [0.2, 0.25) is 13.1 Å². The van der Waals surface area contributed by atoms with E-state index in [1.165, 1.54) is 48.6 Å². The highest BCUT2D eigenvalue weighted by Gasteiger charge is 2.38. The van der Waals surface area contributed by atoms with Crippen molar-refractivity contribution in [1.82, 2.24) is 15.0 Å². The van der Waals surface area contributed by atoms with Gasteiger partial charge in [0, 0.05) is 16.7 Å². The highest BCUT2D eigenvalue weighted by molar-refractivity contribution is 7.04. The molecule has 2 heterocycles. The van der Waals surface area contributed by atoms with Crippen LogP contribution in [0.4, 0.5) is 0 Å². The van der Waals surface area contributed by atoms with E-state index < -0.39 is 8.07 Å². The molecule has 1 aliphatic heterocycles. The molecule has 3 nitrogen and oxygen atoms in total. The summed E-state index contributed by atoms with van der Waals surface area (Å²) in [6.07, 6.45) is 0. The van der Waals surface area contributed by atoms with Crippen molar-refractivity contribution in [3.63, 3.8) is 0 Å². The van der Waals surface area contributed by atoms with E-state index in [1.54, 1.807) is 0 Å². The van der Waals surface area contributed by atoms with Gasteiger partial charge in [0.1, 0.15) is 8.07 Å². The van der Waals surface area contributed by atoms with Gasteiger partial charge in [0.2, 0.25) is 0 Å². The van der Waals surface area contributed by atoms with E-state index >= 15 is 0 Å². The zero-order valence-corrected chi connectivity index (χ0v) is 30.6. The first-order chi connectivity index (χ1) is 26.0. The zero-order chi connectivity index (χ0) is 35.5. The Labute approximate surface area is 310 Å². The molecule has 0 saturated heterocycles. The molecule has 250 valence electrons. The molecule has 0 fully saturated rings. The average molecular weight is 694 g/mol. The van der Waals surface area contributed by atoms with Crippen molar-refractivity contribution in [1.29, 1.82) is 0 Å². The van der Waals surface area contributed by atoms with Crippen LogP contribution in [-0.2, 0) is 0 Å². The van der Waals surface area contributed by atoms with Crippen molar-refractivity contribution in [3.8, 4) is 67.5 Å². The maximum atomic E-state index is 5.25. The standard InChI is InChI=1S/C49H35N3Si/c1-53(2)45-31-38(27-28-42(45)44-29-36-16-6-7-17-37(36)30-46(44)53)48-50-47(51-49(52-48)43-21-11-10-20-41(43)32-13-4-3-5-14-32)35-25-23-34(24-26-35)40-22-12-18-33-15-8-9-19-39(33)40/h3-31H,1-2H3. The van der Waals surface area contributed by atoms with Crippen molar-refractivity contribution >= 4 is 40.0 Å². The fourth-order valence-corrected chi connectivity index (χ4v) is 11.2. The quantitative estimate of drug-likeness (QED) is 0.168. The molecule has 4 heteroatoms. The van der Waals surface area contributed by atoms with Gasteiger partial charge in [0.25, 0.3) is 0 Å². The number of hydrogen-bond donors (Lipinski definition) is 0. The Balaban J connectivity index is 1.13. The molecule has 0 amide bonds. The average Bonchev–Trinajstić information content (AvgIpc) is 3.44. The largest absolute Gasteiger partial charge is 0.208 e. The van der Waals surface area contributed by atoms with Crippen LogP contribution in [0.5, 0.6) is 0 Å². The molecule has 9 aromatic rings. The number of benzene rings is 8. The summed E-state index contributed by atoms with van der Waals surface area (Å²) in [4.78, 5) is 15.6. The van der Waals surface area contributed by atoms with Crippen LogP contribution >= 0.6 is 0 Å². The van der Waals surface area contributed by atoms with E-state index in [9.17, 15) is 0 Å². The van der Waals surface area contributed by atoms with Crippen molar-refractivity contribution in [2.45, 2.75) is 13.1 Å². The third kappa shape index (κ3) is 5.30. The summed E-state index contributed by atoms with van der Waals surface area (Å²) < 4.78 is 0. The summed E-state index contributed by atoms with van der Waals surface area (Å²) in [7, 11) is -2.00. The summed E-state index contributed by atoms with van der Waals surface area (Å²) in [6.45, 7) is 4.93. The van der Waals surface area contributed by atoms with Crippen molar-refractivity contribution in [3.05, 3.63) is 176 Å². The molecule has 0 bridgehead atoms. The van der Waals surface area contributed by atoms with Gasteiger partial charge in [0.05, 0.1) is 0 Å². The van der Waals surface area contributed by atoms with E-state index in [0.29, 0.717) is 17.5 Å². The van der Waals surface area contributed by atoms with Crippen LogP contribution in [0.15, 0.2) is 176 Å². The van der Waals surface area contributed by atoms with E-state index in [2.05, 4.69) is 183 Å². The number of fused-ring (bicyclic) bond motifs is 5. The molecule has 0 spiro atoms. The molecule has 0 aliphatic carbocycles. The minimum atomic E-state index is -2.00. The maximum Gasteiger partial charge on any atom is 0.164 e. The van der Waals surface area contributed by atoms with Gasteiger partial charge < -0.3 is 0 Å². The molecule has 1 aromatic heterocycles. The Morgan fingerprint density at radius 3 is 1.64 bits per heavy atom. The molecule has 8 aromatic carbocycles. The molecular formula is C49H35N3Si. The third-order valence-electron chi connectivity index (χ3n) is 10.9. The van der Waals surface area contributed by atoms with Gasteiger partial charge in [-0.05, 0) is 71.4 Å². The topological polar surface area (TPSA) is 38.7 Å². The van der Waals surface area contributed by atoms with Gasteiger partial charge in [-0.25, -0.2) is 15.0 Å².